The van der Waals surface area contributed by atoms with Gasteiger partial charge in [0.25, 0.3) is 16.1 Å². The van der Waals surface area contributed by atoms with Crippen LogP contribution in [0.4, 0.5) is 31.0 Å². The molecule has 296 valence electrons. The van der Waals surface area contributed by atoms with E-state index in [0.29, 0.717) is 23.4 Å². The number of amides is 2. The Morgan fingerprint density at radius 3 is 1.70 bits per heavy atom. The van der Waals surface area contributed by atoms with E-state index < -0.39 is 43.8 Å². The number of nitrogens with one attached hydrogen (secondary N) is 3. The molecule has 2 aliphatic rings. The maximum absolute atomic E-state index is 12.6. The number of ether oxygens (including phenoxy) is 2. The minimum Gasteiger partial charge on any atom is -0.618 e. The van der Waals surface area contributed by atoms with Crippen molar-refractivity contribution in [2.75, 3.05) is 5.32 Å². The van der Waals surface area contributed by atoms with Gasteiger partial charge in [-0.05, 0) is 116 Å². The molecule has 2 saturated carbocycles. The predicted octanol–water partition coefficient (Wildman–Crippen LogP) is 5.93. The fraction of sp³-hybridized carbons (Fsp3) is 0.625. The lowest BCUT2D eigenvalue weighted by Crippen LogP contribution is -2.44. The SMILES string of the molecule is CC(C)(C)OC(=O)N[C@H]1CCC[C@@H](N)C1.CC(C)(C)OC(=O)N[C@H]1CCC[C@@H](Nc2c[n+]([O-])c(Cl)cc2[N+](=O)[O-])C1.O=[N+]([O-])c1cc(Cl)[n+]([O-])cc1F. The number of hydrogen-bond donors (Lipinski definition) is 4. The first-order chi connectivity index (χ1) is 24.4. The number of alkyl carbamates (subject to hydrolysis) is 2. The lowest BCUT2D eigenvalue weighted by Gasteiger charge is -2.31. The molecule has 4 atom stereocenters. The van der Waals surface area contributed by atoms with Gasteiger partial charge in [0, 0.05) is 24.2 Å². The summed E-state index contributed by atoms with van der Waals surface area (Å²) in [5.41, 5.74) is 3.86. The molecule has 2 amide bonds. The minimum atomic E-state index is -1.21. The number of rotatable bonds is 6. The molecule has 0 saturated heterocycles. The zero-order valence-corrected chi connectivity index (χ0v) is 31.9. The molecule has 21 heteroatoms. The third-order valence-electron chi connectivity index (χ3n) is 7.51. The normalized spacial score (nSPS) is 19.9. The molecule has 4 rings (SSSR count). The molecular weight excluding hydrogens is 746 g/mol. The van der Waals surface area contributed by atoms with Crippen LogP contribution in [0.3, 0.4) is 0 Å². The Labute approximate surface area is 315 Å². The number of aromatic nitrogens is 2. The van der Waals surface area contributed by atoms with Crippen LogP contribution < -0.4 is 31.1 Å². The number of pyridine rings is 2. The standard InChI is InChI=1S/C16H23ClN4O5.C11H22N2O2.C5H2ClFN2O3/c1-16(2,3)26-15(22)19-11-6-4-5-10(7-11)18-12-9-20(23)14(17)8-13(12)21(24)25;1-11(2,3)15-10(14)13-9-6-4-5-8(12)7-9;6-5-1-4(9(11)12)3(7)2-8(5)10/h8-11,18H,4-7H2,1-3H3,(H,19,22);8-9H,4-7,12H2,1-3H3,(H,13,14);1-2H/t10-,11+;8-,9+;/m11./s1. The number of nitro groups is 2. The highest BCUT2D eigenvalue weighted by Gasteiger charge is 2.29. The van der Waals surface area contributed by atoms with Crippen LogP contribution in [-0.2, 0) is 9.47 Å². The molecule has 0 spiro atoms. The molecule has 2 aromatic heterocycles. The van der Waals surface area contributed by atoms with Crippen molar-refractivity contribution in [1.29, 1.82) is 0 Å². The van der Waals surface area contributed by atoms with Crippen molar-refractivity contribution in [1.82, 2.24) is 10.6 Å². The predicted molar refractivity (Wildman–Crippen MR) is 193 cm³/mol. The highest BCUT2D eigenvalue weighted by Crippen LogP contribution is 2.29. The van der Waals surface area contributed by atoms with Gasteiger partial charge >= 0.3 is 23.6 Å². The number of nitrogens with two attached hydrogens (primary N) is 1. The van der Waals surface area contributed by atoms with Gasteiger partial charge in [0.1, 0.15) is 23.3 Å². The van der Waals surface area contributed by atoms with Gasteiger partial charge in [-0.3, -0.25) is 20.2 Å². The summed E-state index contributed by atoms with van der Waals surface area (Å²) in [5.74, 6) is -1.21. The molecule has 2 aliphatic carbocycles. The molecule has 2 heterocycles. The quantitative estimate of drug-likeness (QED) is 0.0873. The third-order valence-corrected chi connectivity index (χ3v) is 8.07. The van der Waals surface area contributed by atoms with Gasteiger partial charge in [-0.2, -0.15) is 13.9 Å². The molecule has 5 N–H and O–H groups in total. The second-order valence-corrected chi connectivity index (χ2v) is 15.3. The van der Waals surface area contributed by atoms with E-state index in [1.54, 1.807) is 20.8 Å². The molecule has 0 radical (unpaired) electrons. The zero-order valence-electron chi connectivity index (χ0n) is 30.4. The van der Waals surface area contributed by atoms with Crippen LogP contribution >= 0.6 is 23.2 Å². The van der Waals surface area contributed by atoms with Crippen LogP contribution in [0.5, 0.6) is 0 Å². The molecule has 18 nitrogen and oxygen atoms in total. The van der Waals surface area contributed by atoms with Crippen LogP contribution in [0.1, 0.15) is 92.9 Å². The highest BCUT2D eigenvalue weighted by atomic mass is 35.5. The fourth-order valence-corrected chi connectivity index (χ4v) is 5.66. The van der Waals surface area contributed by atoms with E-state index >= 15 is 0 Å². The van der Waals surface area contributed by atoms with E-state index in [2.05, 4.69) is 16.0 Å². The van der Waals surface area contributed by atoms with E-state index in [4.69, 9.17) is 38.4 Å². The van der Waals surface area contributed by atoms with Crippen molar-refractivity contribution in [3.05, 3.63) is 71.3 Å². The van der Waals surface area contributed by atoms with Gasteiger partial charge in [-0.25, -0.2) is 9.59 Å². The van der Waals surface area contributed by atoms with Crippen LogP contribution in [-0.4, -0.2) is 57.4 Å². The zero-order chi connectivity index (χ0) is 40.3. The smallest absolute Gasteiger partial charge is 0.407 e. The average molecular weight is 794 g/mol. The Bertz CT molecular complexity index is 1610. The van der Waals surface area contributed by atoms with E-state index in [1.165, 1.54) is 0 Å². The molecule has 0 bridgehead atoms. The van der Waals surface area contributed by atoms with Gasteiger partial charge in [0.2, 0.25) is 12.4 Å². The molecule has 53 heavy (non-hydrogen) atoms. The first-order valence-corrected chi connectivity index (χ1v) is 17.5. The Morgan fingerprint density at radius 2 is 1.23 bits per heavy atom. The second kappa shape index (κ2) is 19.5. The first kappa shape index (κ1) is 44.7. The lowest BCUT2D eigenvalue weighted by molar-refractivity contribution is -0.605. The van der Waals surface area contributed by atoms with Gasteiger partial charge < -0.3 is 41.6 Å². The van der Waals surface area contributed by atoms with E-state index in [0.717, 1.165) is 57.2 Å². The minimum absolute atomic E-state index is 0.00386. The summed E-state index contributed by atoms with van der Waals surface area (Å²) < 4.78 is 23.4. The first-order valence-electron chi connectivity index (χ1n) is 16.7. The van der Waals surface area contributed by atoms with Crippen molar-refractivity contribution in [3.8, 4) is 0 Å². The number of halogens is 3. The van der Waals surface area contributed by atoms with Gasteiger partial charge in [-0.1, -0.05) is 0 Å². The Hall–Kier alpha value is -4.49. The Balaban J connectivity index is 0.000000304. The maximum Gasteiger partial charge on any atom is 0.407 e. The molecule has 2 fully saturated rings. The monoisotopic (exact) mass is 792 g/mol. The largest absolute Gasteiger partial charge is 0.618 e. The summed E-state index contributed by atoms with van der Waals surface area (Å²) in [6.07, 6.45) is 7.62. The van der Waals surface area contributed by atoms with Crippen LogP contribution in [0.15, 0.2) is 24.5 Å². The third kappa shape index (κ3) is 16.4. The molecular formula is C32H47Cl2FN8O10. The molecule has 0 aromatic carbocycles. The van der Waals surface area contributed by atoms with E-state index in [1.807, 2.05) is 20.8 Å². The van der Waals surface area contributed by atoms with E-state index in [9.17, 15) is 44.6 Å². The number of hydrogen-bond acceptors (Lipinski definition) is 12. The summed E-state index contributed by atoms with van der Waals surface area (Å²) in [6, 6.07) is 1.85. The topological polar surface area (TPSA) is 255 Å². The van der Waals surface area contributed by atoms with Gasteiger partial charge in [0.05, 0.1) is 9.85 Å². The summed E-state index contributed by atoms with van der Waals surface area (Å²) in [6.45, 7) is 10.9. The molecule has 0 unspecified atom stereocenters. The van der Waals surface area contributed by atoms with Crippen molar-refractivity contribution in [3.63, 3.8) is 0 Å². The van der Waals surface area contributed by atoms with Crippen LogP contribution in [0.2, 0.25) is 10.3 Å². The highest BCUT2D eigenvalue weighted by molar-refractivity contribution is 6.29. The number of anilines is 1. The van der Waals surface area contributed by atoms with Crippen molar-refractivity contribution in [2.24, 2.45) is 5.73 Å². The number of carbonyl (C=O) groups is 2. The maximum atomic E-state index is 12.6. The fourth-order valence-electron chi connectivity index (χ4n) is 5.36. The Morgan fingerprint density at radius 1 is 0.792 bits per heavy atom. The van der Waals surface area contributed by atoms with Gasteiger partial charge in [0.15, 0.2) is 5.69 Å². The summed E-state index contributed by atoms with van der Waals surface area (Å²) in [4.78, 5) is 43.1. The lowest BCUT2D eigenvalue weighted by atomic mass is 9.91. The average Bonchev–Trinajstić information content (AvgIpc) is 2.99. The van der Waals surface area contributed by atoms with Crippen molar-refractivity contribution < 1.29 is 42.8 Å². The second-order valence-electron chi connectivity index (χ2n) is 14.5. The van der Waals surface area contributed by atoms with Crippen LogP contribution in [0.25, 0.3) is 0 Å². The summed E-state index contributed by atoms with van der Waals surface area (Å²) in [7, 11) is 0. The van der Waals surface area contributed by atoms with Gasteiger partial charge in [-0.15, -0.1) is 0 Å². The summed E-state index contributed by atoms with van der Waals surface area (Å²) >= 11 is 10.9. The van der Waals surface area contributed by atoms with Crippen LogP contribution in [0, 0.1) is 36.5 Å². The Kier molecular flexibility index (Phi) is 16.5. The van der Waals surface area contributed by atoms with Crippen molar-refractivity contribution >= 4 is 52.5 Å². The van der Waals surface area contributed by atoms with Crippen molar-refractivity contribution in [2.45, 2.75) is 128 Å². The molecule has 2 aromatic rings. The number of nitrogens with zero attached hydrogens (tertiary/aromatic N) is 4. The number of carbonyl (C=O) groups excluding carboxylic acids is 2. The van der Waals surface area contributed by atoms with E-state index in [-0.39, 0.29) is 51.5 Å². The molecule has 0 aliphatic heterocycles. The summed E-state index contributed by atoms with van der Waals surface area (Å²) in [5, 5.41) is 51.5.